The third-order valence-electron chi connectivity index (χ3n) is 3.79. The maximum absolute atomic E-state index is 4.64. The third-order valence-corrected chi connectivity index (χ3v) is 4.59. The summed E-state index contributed by atoms with van der Waals surface area (Å²) in [6, 6.07) is 2.11. The highest BCUT2D eigenvalue weighted by molar-refractivity contribution is 7.16. The van der Waals surface area contributed by atoms with Crippen molar-refractivity contribution in [1.82, 2.24) is 9.97 Å². The van der Waals surface area contributed by atoms with Crippen LogP contribution < -0.4 is 10.6 Å². The molecule has 2 N–H and O–H groups in total. The number of hydrogen-bond donors (Lipinski definition) is 2. The lowest BCUT2D eigenvalue weighted by Crippen LogP contribution is -2.31. The minimum atomic E-state index is 0.187. The van der Waals surface area contributed by atoms with Crippen LogP contribution in [-0.2, 0) is 0 Å². The minimum Gasteiger partial charge on any atom is -0.364 e. The Morgan fingerprint density at radius 1 is 1.32 bits per heavy atom. The van der Waals surface area contributed by atoms with Crippen LogP contribution in [0.4, 0.5) is 11.8 Å². The molecule has 4 nitrogen and oxygen atoms in total. The first-order valence-corrected chi connectivity index (χ1v) is 7.85. The number of fused-ring (bicyclic) bond motifs is 1. The lowest BCUT2D eigenvalue weighted by atomic mass is 10.0. The van der Waals surface area contributed by atoms with Crippen LogP contribution in [0.15, 0.2) is 11.4 Å². The van der Waals surface area contributed by atoms with Gasteiger partial charge in [0, 0.05) is 12.1 Å². The Morgan fingerprint density at radius 2 is 2.11 bits per heavy atom. The van der Waals surface area contributed by atoms with E-state index < -0.39 is 0 Å². The Bertz CT molecular complexity index is 572. The van der Waals surface area contributed by atoms with E-state index in [1.165, 1.54) is 25.7 Å². The standard InChI is InChI=1S/C14H20N4S/c1-3-15-13-16-11(10-6-9-19-12(10)17-13)18-14(2)7-4-5-8-14/h6,9H,3-5,7-8H2,1-2H3,(H2,15,16,17,18). The van der Waals surface area contributed by atoms with Crippen molar-refractivity contribution in [1.29, 1.82) is 0 Å². The molecule has 5 heteroatoms. The molecule has 2 heterocycles. The average Bonchev–Trinajstić information content (AvgIpc) is 2.98. The van der Waals surface area contributed by atoms with Crippen molar-refractivity contribution >= 4 is 33.3 Å². The van der Waals surface area contributed by atoms with Crippen molar-refractivity contribution in [2.24, 2.45) is 0 Å². The SMILES string of the molecule is CCNc1nc(NC2(C)CCCC2)c2ccsc2n1. The number of hydrogen-bond acceptors (Lipinski definition) is 5. The zero-order valence-corrected chi connectivity index (χ0v) is 12.3. The Labute approximate surface area is 117 Å². The smallest absolute Gasteiger partial charge is 0.226 e. The maximum atomic E-state index is 4.64. The summed E-state index contributed by atoms with van der Waals surface area (Å²) in [5, 5.41) is 10.1. The van der Waals surface area contributed by atoms with Gasteiger partial charge in [0.25, 0.3) is 0 Å². The fourth-order valence-corrected chi connectivity index (χ4v) is 3.52. The van der Waals surface area contributed by atoms with Crippen molar-refractivity contribution in [2.45, 2.75) is 45.1 Å². The van der Waals surface area contributed by atoms with Crippen LogP contribution >= 0.6 is 11.3 Å². The van der Waals surface area contributed by atoms with Crippen molar-refractivity contribution in [3.8, 4) is 0 Å². The van der Waals surface area contributed by atoms with Crippen LogP contribution in [0, 0.1) is 0 Å². The summed E-state index contributed by atoms with van der Waals surface area (Å²) in [6.45, 7) is 5.20. The van der Waals surface area contributed by atoms with Crippen molar-refractivity contribution in [3.63, 3.8) is 0 Å². The molecule has 0 aromatic carbocycles. The number of rotatable bonds is 4. The van der Waals surface area contributed by atoms with Crippen LogP contribution in [0.25, 0.3) is 10.2 Å². The molecule has 0 aliphatic heterocycles. The predicted molar refractivity (Wildman–Crippen MR) is 82.1 cm³/mol. The molecule has 0 bridgehead atoms. The molecule has 2 aromatic rings. The summed E-state index contributed by atoms with van der Waals surface area (Å²) < 4.78 is 0. The van der Waals surface area contributed by atoms with Crippen LogP contribution in [-0.4, -0.2) is 22.1 Å². The summed E-state index contributed by atoms with van der Waals surface area (Å²) in [5.74, 6) is 1.70. The highest BCUT2D eigenvalue weighted by atomic mass is 32.1. The second-order valence-electron chi connectivity index (χ2n) is 5.46. The molecular weight excluding hydrogens is 256 g/mol. The van der Waals surface area contributed by atoms with E-state index in [2.05, 4.69) is 45.9 Å². The van der Waals surface area contributed by atoms with E-state index in [4.69, 9.17) is 0 Å². The zero-order chi connectivity index (χ0) is 13.3. The molecule has 1 aliphatic rings. The average molecular weight is 276 g/mol. The lowest BCUT2D eigenvalue weighted by molar-refractivity contribution is 0.532. The van der Waals surface area contributed by atoms with Crippen LogP contribution in [0.2, 0.25) is 0 Å². The second-order valence-corrected chi connectivity index (χ2v) is 6.35. The summed E-state index contributed by atoms with van der Waals surface area (Å²) in [7, 11) is 0. The van der Waals surface area contributed by atoms with Crippen LogP contribution in [0.1, 0.15) is 39.5 Å². The van der Waals surface area contributed by atoms with E-state index in [9.17, 15) is 0 Å². The van der Waals surface area contributed by atoms with E-state index >= 15 is 0 Å². The van der Waals surface area contributed by atoms with Gasteiger partial charge in [-0.05, 0) is 38.1 Å². The lowest BCUT2D eigenvalue weighted by Gasteiger charge is -2.26. The van der Waals surface area contributed by atoms with E-state index in [1.54, 1.807) is 11.3 Å². The van der Waals surface area contributed by atoms with E-state index in [1.807, 2.05) is 0 Å². The maximum Gasteiger partial charge on any atom is 0.226 e. The molecular formula is C14H20N4S. The van der Waals surface area contributed by atoms with Gasteiger partial charge in [-0.1, -0.05) is 12.8 Å². The number of anilines is 2. The Hall–Kier alpha value is -1.36. The summed E-state index contributed by atoms with van der Waals surface area (Å²) in [4.78, 5) is 10.2. The van der Waals surface area contributed by atoms with Gasteiger partial charge < -0.3 is 10.6 Å². The van der Waals surface area contributed by atoms with E-state index in [0.29, 0.717) is 0 Å². The van der Waals surface area contributed by atoms with E-state index in [-0.39, 0.29) is 5.54 Å². The number of nitrogens with one attached hydrogen (secondary N) is 2. The number of nitrogens with zero attached hydrogens (tertiary/aromatic N) is 2. The summed E-state index contributed by atoms with van der Waals surface area (Å²) in [5.41, 5.74) is 0.187. The van der Waals surface area contributed by atoms with E-state index in [0.717, 1.165) is 28.5 Å². The molecule has 1 fully saturated rings. The molecule has 0 amide bonds. The van der Waals surface area contributed by atoms with Crippen LogP contribution in [0.3, 0.4) is 0 Å². The number of aromatic nitrogens is 2. The quantitative estimate of drug-likeness (QED) is 0.890. The topological polar surface area (TPSA) is 49.8 Å². The third kappa shape index (κ3) is 2.52. The molecule has 0 atom stereocenters. The zero-order valence-electron chi connectivity index (χ0n) is 11.5. The molecule has 0 spiro atoms. The van der Waals surface area contributed by atoms with Gasteiger partial charge in [0.1, 0.15) is 10.6 Å². The molecule has 0 radical (unpaired) electrons. The van der Waals surface area contributed by atoms with Gasteiger partial charge in [-0.15, -0.1) is 11.3 Å². The molecule has 1 aliphatic carbocycles. The Morgan fingerprint density at radius 3 is 2.84 bits per heavy atom. The molecule has 0 saturated heterocycles. The van der Waals surface area contributed by atoms with Gasteiger partial charge in [0.05, 0.1) is 5.39 Å². The monoisotopic (exact) mass is 276 g/mol. The first-order valence-electron chi connectivity index (χ1n) is 6.97. The summed E-state index contributed by atoms with van der Waals surface area (Å²) >= 11 is 1.67. The Kier molecular flexibility index (Phi) is 3.31. The van der Waals surface area contributed by atoms with Gasteiger partial charge >= 0.3 is 0 Å². The molecule has 0 unspecified atom stereocenters. The minimum absolute atomic E-state index is 0.187. The first-order chi connectivity index (χ1) is 9.20. The largest absolute Gasteiger partial charge is 0.364 e. The van der Waals surface area contributed by atoms with Gasteiger partial charge in [0.2, 0.25) is 5.95 Å². The van der Waals surface area contributed by atoms with Gasteiger partial charge in [0.15, 0.2) is 0 Å². The van der Waals surface area contributed by atoms with Crippen LogP contribution in [0.5, 0.6) is 0 Å². The highest BCUT2D eigenvalue weighted by Crippen LogP contribution is 2.35. The molecule has 19 heavy (non-hydrogen) atoms. The van der Waals surface area contributed by atoms with Crippen molar-refractivity contribution in [3.05, 3.63) is 11.4 Å². The predicted octanol–water partition coefficient (Wildman–Crippen LogP) is 3.87. The first kappa shape index (κ1) is 12.7. The molecule has 2 aromatic heterocycles. The highest BCUT2D eigenvalue weighted by Gasteiger charge is 2.29. The number of thiophene rings is 1. The fourth-order valence-electron chi connectivity index (χ4n) is 2.75. The molecule has 1 saturated carbocycles. The summed E-state index contributed by atoms with van der Waals surface area (Å²) in [6.07, 6.45) is 5.06. The second kappa shape index (κ2) is 4.96. The van der Waals surface area contributed by atoms with Crippen molar-refractivity contribution in [2.75, 3.05) is 17.2 Å². The fraction of sp³-hybridized carbons (Fsp3) is 0.571. The van der Waals surface area contributed by atoms with Gasteiger partial charge in [-0.3, -0.25) is 0 Å². The molecule has 3 rings (SSSR count). The van der Waals surface area contributed by atoms with Gasteiger partial charge in [-0.25, -0.2) is 4.98 Å². The van der Waals surface area contributed by atoms with Gasteiger partial charge in [-0.2, -0.15) is 4.98 Å². The Balaban J connectivity index is 1.98. The van der Waals surface area contributed by atoms with Crippen molar-refractivity contribution < 1.29 is 0 Å². The normalized spacial score (nSPS) is 17.8. The molecule has 102 valence electrons.